The quantitative estimate of drug-likeness (QED) is 0.441. The van der Waals surface area contributed by atoms with Gasteiger partial charge in [-0.05, 0) is 55.9 Å². The van der Waals surface area contributed by atoms with Crippen LogP contribution in [0.3, 0.4) is 0 Å². The van der Waals surface area contributed by atoms with Gasteiger partial charge >= 0.3 is 5.97 Å². The molecule has 0 spiro atoms. The molecule has 4 heterocycles. The van der Waals surface area contributed by atoms with E-state index < -0.39 is 23.5 Å². The Morgan fingerprint density at radius 2 is 1.94 bits per heavy atom. The smallest absolute Gasteiger partial charge is 0.307 e. The fourth-order valence-electron chi connectivity index (χ4n) is 6.12. The number of aliphatic carboxylic acids is 1. The third-order valence-corrected chi connectivity index (χ3v) is 7.74. The summed E-state index contributed by atoms with van der Waals surface area (Å²) in [6.07, 6.45) is 9.88. The summed E-state index contributed by atoms with van der Waals surface area (Å²) in [6, 6.07) is 1.34. The van der Waals surface area contributed by atoms with Crippen molar-refractivity contribution in [3.63, 3.8) is 0 Å². The molecule has 3 aliphatic rings. The molecule has 4 aromatic rings. The summed E-state index contributed by atoms with van der Waals surface area (Å²) in [5.74, 6) is -2.02. The molecule has 2 N–H and O–H groups in total. The van der Waals surface area contributed by atoms with Crippen LogP contribution < -0.4 is 0 Å². The molecule has 180 valence electrons. The molecule has 0 amide bonds. The number of nitrogens with one attached hydrogen (secondary N) is 1. The number of nitrogens with zero attached hydrogens (tertiary/aromatic N) is 5. The molecule has 3 saturated carbocycles. The molecule has 7 rings (SSSR count). The number of carboxylic acid groups (broad SMARTS) is 1. The molecule has 3 fully saturated rings. The molecule has 0 saturated heterocycles. The third-order valence-electron chi connectivity index (χ3n) is 7.74. The Morgan fingerprint density at radius 1 is 1.17 bits per heavy atom. The highest BCUT2D eigenvalue weighted by atomic mass is 19.1. The van der Waals surface area contributed by atoms with Crippen LogP contribution in [-0.4, -0.2) is 40.8 Å². The number of halogens is 2. The second kappa shape index (κ2) is 8.21. The van der Waals surface area contributed by atoms with Gasteiger partial charge in [-0.2, -0.15) is 5.10 Å². The number of carbonyl (C=O) groups is 1. The minimum absolute atomic E-state index is 0.0876. The lowest BCUT2D eigenvalue weighted by molar-refractivity contribution is -0.152. The average Bonchev–Trinajstić information content (AvgIpc) is 3.46. The Balaban J connectivity index is 1.50. The van der Waals surface area contributed by atoms with E-state index in [0.29, 0.717) is 22.2 Å². The van der Waals surface area contributed by atoms with E-state index in [4.69, 9.17) is 0 Å². The Bertz CT molecular complexity index is 1440. The van der Waals surface area contributed by atoms with Crippen LogP contribution in [0, 0.1) is 35.3 Å². The second-order valence-electron chi connectivity index (χ2n) is 9.72. The fraction of sp³-hybridized carbons (Fsp3) is 0.400. The summed E-state index contributed by atoms with van der Waals surface area (Å²) in [7, 11) is 1.73. The Kier molecular flexibility index (Phi) is 5.12. The predicted molar refractivity (Wildman–Crippen MR) is 123 cm³/mol. The van der Waals surface area contributed by atoms with Crippen molar-refractivity contribution >= 4 is 17.0 Å². The highest BCUT2D eigenvalue weighted by molar-refractivity contribution is 5.91. The Morgan fingerprint density at radius 3 is 2.66 bits per heavy atom. The number of pyridine rings is 1. The van der Waals surface area contributed by atoms with Crippen molar-refractivity contribution in [1.82, 2.24) is 29.7 Å². The molecule has 10 heteroatoms. The first-order chi connectivity index (χ1) is 16.9. The first-order valence-corrected chi connectivity index (χ1v) is 11.8. The van der Waals surface area contributed by atoms with Crippen LogP contribution in [0.25, 0.3) is 33.7 Å². The van der Waals surface area contributed by atoms with Gasteiger partial charge in [0.15, 0.2) is 11.6 Å². The first-order valence-electron chi connectivity index (χ1n) is 11.8. The van der Waals surface area contributed by atoms with Crippen LogP contribution in [0.2, 0.25) is 0 Å². The number of aromatic amines is 1. The minimum Gasteiger partial charge on any atom is -0.481 e. The van der Waals surface area contributed by atoms with Gasteiger partial charge in [-0.25, -0.2) is 23.7 Å². The van der Waals surface area contributed by atoms with Crippen LogP contribution in [0.5, 0.6) is 0 Å². The van der Waals surface area contributed by atoms with Gasteiger partial charge in [-0.15, -0.1) is 0 Å². The van der Waals surface area contributed by atoms with Crippen LogP contribution >= 0.6 is 0 Å². The molecule has 2 atom stereocenters. The van der Waals surface area contributed by atoms with Crippen LogP contribution in [0.1, 0.15) is 31.4 Å². The largest absolute Gasteiger partial charge is 0.481 e. The van der Waals surface area contributed by atoms with Crippen molar-refractivity contribution in [1.29, 1.82) is 0 Å². The molecular formula is C25H24F2N6O2. The van der Waals surface area contributed by atoms with Crippen molar-refractivity contribution in [3.05, 3.63) is 48.2 Å². The zero-order chi connectivity index (χ0) is 24.3. The van der Waals surface area contributed by atoms with E-state index in [-0.39, 0.29) is 41.4 Å². The first kappa shape index (κ1) is 21.8. The second-order valence-corrected chi connectivity index (χ2v) is 9.72. The molecule has 0 radical (unpaired) electrons. The SMILES string of the molecule is Cn1cc(-c2nc(-c3c[nH]c4ncc(F)cc34)nc(CC3C4CCC(CC4)C3C(=O)O)c2F)cn1. The van der Waals surface area contributed by atoms with Gasteiger partial charge < -0.3 is 10.1 Å². The standard InChI is InChI=1S/C25H24F2N6O2/c1-33-11-14(8-30-33)22-21(27)19(7-16-12-2-4-13(5-3-12)20(16)25(34)35)31-24(32-22)18-10-29-23-17(18)6-15(26)9-28-23/h6,8-13,16,20H,2-5,7H2,1H3,(H,28,29)(H,34,35). The van der Waals surface area contributed by atoms with Gasteiger partial charge in [0, 0.05) is 36.0 Å². The molecule has 35 heavy (non-hydrogen) atoms. The fourth-order valence-corrected chi connectivity index (χ4v) is 6.12. The predicted octanol–water partition coefficient (Wildman–Crippen LogP) is 4.38. The maximum absolute atomic E-state index is 15.9. The van der Waals surface area contributed by atoms with Crippen molar-refractivity contribution in [2.75, 3.05) is 0 Å². The van der Waals surface area contributed by atoms with Crippen LogP contribution in [-0.2, 0) is 18.3 Å². The summed E-state index contributed by atoms with van der Waals surface area (Å²) in [5, 5.41) is 14.6. The summed E-state index contributed by atoms with van der Waals surface area (Å²) < 4.78 is 31.4. The van der Waals surface area contributed by atoms with Gasteiger partial charge in [-0.1, -0.05) is 0 Å². The number of fused-ring (bicyclic) bond motifs is 4. The number of rotatable bonds is 5. The zero-order valence-corrected chi connectivity index (χ0v) is 19.1. The summed E-state index contributed by atoms with van der Waals surface area (Å²) >= 11 is 0. The number of H-pyrrole nitrogens is 1. The van der Waals surface area contributed by atoms with Gasteiger partial charge in [-0.3, -0.25) is 9.48 Å². The average molecular weight is 479 g/mol. The van der Waals surface area contributed by atoms with Gasteiger partial charge in [0.2, 0.25) is 0 Å². The third kappa shape index (κ3) is 3.67. The monoisotopic (exact) mass is 478 g/mol. The molecule has 8 nitrogen and oxygen atoms in total. The van der Waals surface area contributed by atoms with E-state index in [0.717, 1.165) is 31.9 Å². The van der Waals surface area contributed by atoms with Crippen molar-refractivity contribution in [3.8, 4) is 22.6 Å². The number of hydrogen-bond acceptors (Lipinski definition) is 5. The van der Waals surface area contributed by atoms with Crippen molar-refractivity contribution in [2.24, 2.45) is 30.7 Å². The van der Waals surface area contributed by atoms with E-state index in [1.807, 2.05) is 0 Å². The topological polar surface area (TPSA) is 110 Å². The maximum atomic E-state index is 15.9. The zero-order valence-electron chi connectivity index (χ0n) is 19.1. The number of carboxylic acids is 1. The number of aryl methyl sites for hydroxylation is 1. The van der Waals surface area contributed by atoms with E-state index in [1.165, 1.54) is 12.3 Å². The molecule has 2 bridgehead atoms. The molecule has 0 aliphatic heterocycles. The van der Waals surface area contributed by atoms with E-state index in [2.05, 4.69) is 25.0 Å². The molecular weight excluding hydrogens is 454 g/mol. The molecule has 2 unspecified atom stereocenters. The van der Waals surface area contributed by atoms with Gasteiger partial charge in [0.05, 0.1) is 24.0 Å². The normalized spacial score (nSPS) is 23.7. The summed E-state index contributed by atoms with van der Waals surface area (Å²) in [6.45, 7) is 0. The van der Waals surface area contributed by atoms with Crippen LogP contribution in [0.4, 0.5) is 8.78 Å². The maximum Gasteiger partial charge on any atom is 0.307 e. The van der Waals surface area contributed by atoms with Crippen LogP contribution in [0.15, 0.2) is 30.9 Å². The van der Waals surface area contributed by atoms with Crippen molar-refractivity contribution < 1.29 is 18.7 Å². The van der Waals surface area contributed by atoms with E-state index >= 15 is 4.39 Å². The lowest BCUT2D eigenvalue weighted by Crippen LogP contribution is -2.45. The van der Waals surface area contributed by atoms with E-state index in [9.17, 15) is 14.3 Å². The highest BCUT2D eigenvalue weighted by Crippen LogP contribution is 2.50. The van der Waals surface area contributed by atoms with E-state index in [1.54, 1.807) is 24.1 Å². The number of hydrogen-bond donors (Lipinski definition) is 2. The summed E-state index contributed by atoms with van der Waals surface area (Å²) in [5.41, 5.74) is 1.72. The number of aromatic nitrogens is 6. The van der Waals surface area contributed by atoms with Crippen molar-refractivity contribution in [2.45, 2.75) is 32.1 Å². The molecule has 0 aromatic carbocycles. The highest BCUT2D eigenvalue weighted by Gasteiger charge is 2.47. The summed E-state index contributed by atoms with van der Waals surface area (Å²) in [4.78, 5) is 28.3. The lowest BCUT2D eigenvalue weighted by atomic mass is 9.57. The minimum atomic E-state index is -0.815. The molecule has 3 aliphatic carbocycles. The van der Waals surface area contributed by atoms with Gasteiger partial charge in [0.25, 0.3) is 0 Å². The molecule has 4 aromatic heterocycles. The van der Waals surface area contributed by atoms with Gasteiger partial charge in [0.1, 0.15) is 17.2 Å². The lowest BCUT2D eigenvalue weighted by Gasteiger charge is -2.46. The Hall–Kier alpha value is -3.69. The Labute approximate surface area is 199 Å².